The van der Waals surface area contributed by atoms with Crippen molar-refractivity contribution in [2.45, 2.75) is 18.5 Å². The SMILES string of the molecule is NCC1CC1c1ccc(F)cc1C(F)(F)F. The number of hydrogen-bond acceptors (Lipinski definition) is 1. The quantitative estimate of drug-likeness (QED) is 0.781. The van der Waals surface area contributed by atoms with Gasteiger partial charge in [-0.15, -0.1) is 0 Å². The maximum absolute atomic E-state index is 12.8. The third kappa shape index (κ3) is 2.04. The normalized spacial score (nSPS) is 24.6. The van der Waals surface area contributed by atoms with Crippen LogP contribution in [0.5, 0.6) is 0 Å². The fraction of sp³-hybridized carbons (Fsp3) is 0.455. The summed E-state index contributed by atoms with van der Waals surface area (Å²) in [6.07, 6.45) is -3.84. The first kappa shape index (κ1) is 11.4. The molecule has 0 spiro atoms. The lowest BCUT2D eigenvalue weighted by molar-refractivity contribution is -0.138. The first-order valence-corrected chi connectivity index (χ1v) is 5.00. The Kier molecular flexibility index (Phi) is 2.66. The van der Waals surface area contributed by atoms with Gasteiger partial charge < -0.3 is 5.73 Å². The smallest absolute Gasteiger partial charge is 0.330 e. The lowest BCUT2D eigenvalue weighted by Gasteiger charge is -2.12. The molecule has 2 N–H and O–H groups in total. The van der Waals surface area contributed by atoms with Crippen LogP contribution in [0.15, 0.2) is 18.2 Å². The van der Waals surface area contributed by atoms with Crippen LogP contribution in [0.2, 0.25) is 0 Å². The number of hydrogen-bond donors (Lipinski definition) is 1. The number of nitrogens with two attached hydrogens (primary N) is 1. The molecule has 0 aliphatic heterocycles. The van der Waals surface area contributed by atoms with E-state index in [0.717, 1.165) is 6.07 Å². The van der Waals surface area contributed by atoms with Gasteiger partial charge in [0.05, 0.1) is 5.56 Å². The maximum Gasteiger partial charge on any atom is 0.416 e. The lowest BCUT2D eigenvalue weighted by atomic mass is 10.0. The van der Waals surface area contributed by atoms with Gasteiger partial charge in [-0.3, -0.25) is 0 Å². The first-order chi connectivity index (χ1) is 7.43. The molecule has 2 atom stereocenters. The Bertz CT molecular complexity index is 399. The summed E-state index contributed by atoms with van der Waals surface area (Å²) in [5, 5.41) is 0. The van der Waals surface area contributed by atoms with Crippen molar-refractivity contribution >= 4 is 0 Å². The van der Waals surface area contributed by atoms with E-state index in [1.165, 1.54) is 6.07 Å². The number of rotatable bonds is 2. The molecule has 0 bridgehead atoms. The van der Waals surface area contributed by atoms with Crippen LogP contribution in [0, 0.1) is 11.7 Å². The van der Waals surface area contributed by atoms with Gasteiger partial charge in [0, 0.05) is 0 Å². The number of halogens is 4. The summed E-state index contributed by atoms with van der Waals surface area (Å²) in [6.45, 7) is 0.374. The third-order valence-corrected chi connectivity index (χ3v) is 2.95. The lowest BCUT2D eigenvalue weighted by Crippen LogP contribution is -2.10. The van der Waals surface area contributed by atoms with E-state index in [2.05, 4.69) is 0 Å². The summed E-state index contributed by atoms with van der Waals surface area (Å²) >= 11 is 0. The molecule has 1 saturated carbocycles. The minimum Gasteiger partial charge on any atom is -0.330 e. The molecule has 1 aromatic rings. The Balaban J connectivity index is 2.38. The standard InChI is InChI=1S/C11H11F4N/c12-7-1-2-8(9-3-6(9)5-16)10(4-7)11(13,14)15/h1-2,4,6,9H,3,5,16H2. The second kappa shape index (κ2) is 3.73. The van der Waals surface area contributed by atoms with Crippen molar-refractivity contribution < 1.29 is 17.6 Å². The Labute approximate surface area is 90.3 Å². The van der Waals surface area contributed by atoms with E-state index in [1.807, 2.05) is 0 Å². The molecule has 1 fully saturated rings. The van der Waals surface area contributed by atoms with Crippen molar-refractivity contribution in [1.29, 1.82) is 0 Å². The third-order valence-electron chi connectivity index (χ3n) is 2.95. The topological polar surface area (TPSA) is 26.0 Å². The molecule has 0 aromatic heterocycles. The highest BCUT2D eigenvalue weighted by Gasteiger charge is 2.43. The zero-order valence-electron chi connectivity index (χ0n) is 8.39. The molecule has 1 aliphatic carbocycles. The molecule has 0 amide bonds. The average Bonchev–Trinajstić information content (AvgIpc) is 2.95. The van der Waals surface area contributed by atoms with E-state index in [9.17, 15) is 17.6 Å². The summed E-state index contributed by atoms with van der Waals surface area (Å²) < 4.78 is 50.8. The molecule has 0 radical (unpaired) electrons. The van der Waals surface area contributed by atoms with Gasteiger partial charge in [0.15, 0.2) is 0 Å². The largest absolute Gasteiger partial charge is 0.416 e. The van der Waals surface area contributed by atoms with Crippen LogP contribution >= 0.6 is 0 Å². The highest BCUT2D eigenvalue weighted by Crippen LogP contribution is 2.50. The zero-order chi connectivity index (χ0) is 11.9. The van der Waals surface area contributed by atoms with Gasteiger partial charge in [0.1, 0.15) is 5.82 Å². The van der Waals surface area contributed by atoms with Crippen LogP contribution in [0.1, 0.15) is 23.5 Å². The first-order valence-electron chi connectivity index (χ1n) is 5.00. The van der Waals surface area contributed by atoms with E-state index in [4.69, 9.17) is 5.73 Å². The zero-order valence-corrected chi connectivity index (χ0v) is 8.39. The maximum atomic E-state index is 12.8. The molecule has 16 heavy (non-hydrogen) atoms. The Morgan fingerprint density at radius 3 is 2.50 bits per heavy atom. The van der Waals surface area contributed by atoms with Gasteiger partial charge in [-0.1, -0.05) is 6.07 Å². The average molecular weight is 233 g/mol. The van der Waals surface area contributed by atoms with Crippen molar-refractivity contribution in [3.05, 3.63) is 35.1 Å². The molecule has 2 rings (SSSR count). The molecule has 2 unspecified atom stereocenters. The molecule has 1 aliphatic rings. The van der Waals surface area contributed by atoms with Crippen molar-refractivity contribution in [1.82, 2.24) is 0 Å². The molecule has 88 valence electrons. The van der Waals surface area contributed by atoms with Crippen molar-refractivity contribution in [3.8, 4) is 0 Å². The molecule has 1 aromatic carbocycles. The summed E-state index contributed by atoms with van der Waals surface area (Å²) in [6, 6.07) is 2.84. The fourth-order valence-electron chi connectivity index (χ4n) is 1.99. The van der Waals surface area contributed by atoms with Crippen LogP contribution in [0.4, 0.5) is 17.6 Å². The van der Waals surface area contributed by atoms with Crippen LogP contribution in [-0.4, -0.2) is 6.54 Å². The van der Waals surface area contributed by atoms with Gasteiger partial charge in [0.2, 0.25) is 0 Å². The summed E-state index contributed by atoms with van der Waals surface area (Å²) in [5.74, 6) is -0.921. The Morgan fingerprint density at radius 1 is 1.31 bits per heavy atom. The predicted octanol–water partition coefficient (Wildman–Crippen LogP) is 2.91. The van der Waals surface area contributed by atoms with E-state index >= 15 is 0 Å². The van der Waals surface area contributed by atoms with E-state index in [-0.39, 0.29) is 17.4 Å². The molecule has 0 saturated heterocycles. The molecule has 1 nitrogen and oxygen atoms in total. The number of alkyl halides is 3. The van der Waals surface area contributed by atoms with Crippen molar-refractivity contribution in [2.75, 3.05) is 6.54 Å². The predicted molar refractivity (Wildman–Crippen MR) is 51.3 cm³/mol. The van der Waals surface area contributed by atoms with E-state index in [1.54, 1.807) is 0 Å². The molecular weight excluding hydrogens is 222 g/mol. The minimum atomic E-state index is -4.50. The summed E-state index contributed by atoms with van der Waals surface area (Å²) in [7, 11) is 0. The van der Waals surface area contributed by atoms with Gasteiger partial charge in [-0.05, 0) is 42.5 Å². The van der Waals surface area contributed by atoms with E-state index in [0.29, 0.717) is 19.0 Å². The monoisotopic (exact) mass is 233 g/mol. The minimum absolute atomic E-state index is 0.103. The van der Waals surface area contributed by atoms with Gasteiger partial charge in [-0.2, -0.15) is 13.2 Å². The highest BCUT2D eigenvalue weighted by molar-refractivity contribution is 5.37. The van der Waals surface area contributed by atoms with Crippen LogP contribution in [-0.2, 0) is 6.18 Å². The van der Waals surface area contributed by atoms with Crippen LogP contribution in [0.3, 0.4) is 0 Å². The van der Waals surface area contributed by atoms with Crippen LogP contribution in [0.25, 0.3) is 0 Å². The highest BCUT2D eigenvalue weighted by atomic mass is 19.4. The van der Waals surface area contributed by atoms with Crippen LogP contribution < -0.4 is 5.73 Å². The molecular formula is C11H11F4N. The second-order valence-electron chi connectivity index (χ2n) is 4.07. The fourth-order valence-corrected chi connectivity index (χ4v) is 1.99. The van der Waals surface area contributed by atoms with E-state index < -0.39 is 17.6 Å². The van der Waals surface area contributed by atoms with Crippen molar-refractivity contribution in [3.63, 3.8) is 0 Å². The second-order valence-corrected chi connectivity index (χ2v) is 4.07. The van der Waals surface area contributed by atoms with Gasteiger partial charge in [-0.25, -0.2) is 4.39 Å². The number of benzene rings is 1. The Hall–Kier alpha value is -1.10. The van der Waals surface area contributed by atoms with Gasteiger partial charge >= 0.3 is 6.18 Å². The summed E-state index contributed by atoms with van der Waals surface area (Å²) in [4.78, 5) is 0. The molecule has 5 heteroatoms. The van der Waals surface area contributed by atoms with Crippen molar-refractivity contribution in [2.24, 2.45) is 11.7 Å². The summed E-state index contributed by atoms with van der Waals surface area (Å²) in [5.41, 5.74) is 4.70. The Morgan fingerprint density at radius 2 is 2.00 bits per heavy atom. The molecule has 0 heterocycles. The van der Waals surface area contributed by atoms with Gasteiger partial charge in [0.25, 0.3) is 0 Å².